The molecule has 148 valence electrons. The van der Waals surface area contributed by atoms with E-state index in [1.165, 1.54) is 6.20 Å². The number of anilines is 2. The van der Waals surface area contributed by atoms with Crippen LogP contribution in [0.15, 0.2) is 72.9 Å². The predicted octanol–water partition coefficient (Wildman–Crippen LogP) is 4.72. The summed E-state index contributed by atoms with van der Waals surface area (Å²) in [6.07, 6.45) is 1.52. The summed E-state index contributed by atoms with van der Waals surface area (Å²) in [6, 6.07) is 20.5. The van der Waals surface area contributed by atoms with Crippen LogP contribution in [0.5, 0.6) is 0 Å². The second kappa shape index (κ2) is 9.15. The first kappa shape index (κ1) is 20.3. The zero-order valence-corrected chi connectivity index (χ0v) is 17.0. The lowest BCUT2D eigenvalue weighted by molar-refractivity contribution is 0.0983. The molecule has 0 aliphatic rings. The molecule has 0 bridgehead atoms. The standard InChI is InChI=1S/C24H25N3O2/c1-4-26(20-11-7-6-8-12-20)24(29)22-17-19(14-15-25-22)23(28)27(5-2)21-13-9-10-18(3)16-21/h6-17H,4-5H2,1-3H3. The van der Waals surface area contributed by atoms with Crippen molar-refractivity contribution in [3.8, 4) is 0 Å². The van der Waals surface area contributed by atoms with Gasteiger partial charge >= 0.3 is 0 Å². The van der Waals surface area contributed by atoms with Crippen molar-refractivity contribution >= 4 is 23.2 Å². The molecule has 0 fully saturated rings. The molecule has 29 heavy (non-hydrogen) atoms. The van der Waals surface area contributed by atoms with Gasteiger partial charge in [-0.15, -0.1) is 0 Å². The van der Waals surface area contributed by atoms with E-state index in [0.29, 0.717) is 18.7 Å². The highest BCUT2D eigenvalue weighted by molar-refractivity contribution is 6.09. The number of aromatic nitrogens is 1. The lowest BCUT2D eigenvalue weighted by Crippen LogP contribution is -2.33. The number of hydrogen-bond acceptors (Lipinski definition) is 3. The van der Waals surface area contributed by atoms with Crippen molar-refractivity contribution < 1.29 is 9.59 Å². The highest BCUT2D eigenvalue weighted by atomic mass is 16.2. The summed E-state index contributed by atoms with van der Waals surface area (Å²) in [5, 5.41) is 0. The van der Waals surface area contributed by atoms with Gasteiger partial charge in [0.25, 0.3) is 11.8 Å². The minimum absolute atomic E-state index is 0.155. The van der Waals surface area contributed by atoms with Gasteiger partial charge in [0.2, 0.25) is 0 Å². The van der Waals surface area contributed by atoms with Crippen molar-refractivity contribution in [2.24, 2.45) is 0 Å². The molecule has 0 N–H and O–H groups in total. The maximum atomic E-state index is 13.1. The van der Waals surface area contributed by atoms with Gasteiger partial charge in [-0.25, -0.2) is 0 Å². The van der Waals surface area contributed by atoms with E-state index in [9.17, 15) is 9.59 Å². The lowest BCUT2D eigenvalue weighted by atomic mass is 10.1. The fourth-order valence-electron chi connectivity index (χ4n) is 3.27. The van der Waals surface area contributed by atoms with Crippen molar-refractivity contribution in [3.63, 3.8) is 0 Å². The molecular weight excluding hydrogens is 362 g/mol. The molecule has 3 aromatic rings. The summed E-state index contributed by atoms with van der Waals surface area (Å²) >= 11 is 0. The molecule has 3 rings (SSSR count). The molecule has 0 spiro atoms. The molecule has 0 unspecified atom stereocenters. The maximum absolute atomic E-state index is 13.1. The Morgan fingerprint density at radius 1 is 0.793 bits per heavy atom. The summed E-state index contributed by atoms with van der Waals surface area (Å²) < 4.78 is 0. The first-order valence-electron chi connectivity index (χ1n) is 9.76. The van der Waals surface area contributed by atoms with Crippen LogP contribution in [0.25, 0.3) is 0 Å². The van der Waals surface area contributed by atoms with E-state index in [1.54, 1.807) is 21.9 Å². The molecule has 1 heterocycles. The first-order chi connectivity index (χ1) is 14.0. The molecule has 2 amide bonds. The van der Waals surface area contributed by atoms with Gasteiger partial charge < -0.3 is 9.80 Å². The Morgan fingerprint density at radius 3 is 2.10 bits per heavy atom. The summed E-state index contributed by atoms with van der Waals surface area (Å²) in [4.78, 5) is 33.8. The fraction of sp³-hybridized carbons (Fsp3) is 0.208. The van der Waals surface area contributed by atoms with E-state index in [2.05, 4.69) is 4.98 Å². The van der Waals surface area contributed by atoms with Crippen LogP contribution in [0, 0.1) is 6.92 Å². The van der Waals surface area contributed by atoms with E-state index in [-0.39, 0.29) is 17.5 Å². The molecule has 0 saturated carbocycles. The second-order valence-corrected chi connectivity index (χ2v) is 6.70. The van der Waals surface area contributed by atoms with E-state index < -0.39 is 0 Å². The van der Waals surface area contributed by atoms with E-state index in [1.807, 2.05) is 75.4 Å². The van der Waals surface area contributed by atoms with Crippen LogP contribution >= 0.6 is 0 Å². The molecule has 5 heteroatoms. The Labute approximate surface area is 171 Å². The zero-order chi connectivity index (χ0) is 20.8. The van der Waals surface area contributed by atoms with Gasteiger partial charge in [0.15, 0.2) is 0 Å². The third-order valence-corrected chi connectivity index (χ3v) is 4.73. The smallest absolute Gasteiger partial charge is 0.276 e. The number of benzene rings is 2. The number of para-hydroxylation sites is 1. The number of carbonyl (C=O) groups excluding carboxylic acids is 2. The highest BCUT2D eigenvalue weighted by Crippen LogP contribution is 2.20. The Morgan fingerprint density at radius 2 is 1.45 bits per heavy atom. The van der Waals surface area contributed by atoms with Crippen LogP contribution in [-0.2, 0) is 0 Å². The third kappa shape index (κ3) is 4.51. The highest BCUT2D eigenvalue weighted by Gasteiger charge is 2.21. The minimum atomic E-state index is -0.230. The van der Waals surface area contributed by atoms with Gasteiger partial charge in [0.05, 0.1) is 0 Å². The first-order valence-corrected chi connectivity index (χ1v) is 9.76. The number of hydrogen-bond donors (Lipinski definition) is 0. The number of pyridine rings is 1. The van der Waals surface area contributed by atoms with Gasteiger partial charge in [-0.1, -0.05) is 30.3 Å². The van der Waals surface area contributed by atoms with Crippen molar-refractivity contribution in [1.82, 2.24) is 4.98 Å². The number of nitrogens with zero attached hydrogens (tertiary/aromatic N) is 3. The second-order valence-electron chi connectivity index (χ2n) is 6.70. The molecule has 1 aromatic heterocycles. The van der Waals surface area contributed by atoms with Crippen LogP contribution in [-0.4, -0.2) is 29.9 Å². The van der Waals surface area contributed by atoms with Crippen LogP contribution in [0.3, 0.4) is 0 Å². The molecule has 0 saturated heterocycles. The Balaban J connectivity index is 1.90. The summed E-state index contributed by atoms with van der Waals surface area (Å²) in [5.41, 5.74) is 3.41. The SMILES string of the molecule is CCN(C(=O)c1ccnc(C(=O)N(CC)c2ccccc2)c1)c1cccc(C)c1. The van der Waals surface area contributed by atoms with E-state index in [0.717, 1.165) is 16.9 Å². The molecule has 0 aliphatic carbocycles. The van der Waals surface area contributed by atoms with Crippen molar-refractivity contribution in [2.45, 2.75) is 20.8 Å². The van der Waals surface area contributed by atoms with Crippen LogP contribution in [0.1, 0.15) is 40.3 Å². The number of carbonyl (C=O) groups is 2. The number of rotatable bonds is 6. The van der Waals surface area contributed by atoms with Crippen LogP contribution < -0.4 is 9.80 Å². The average Bonchev–Trinajstić information content (AvgIpc) is 2.75. The number of amides is 2. The van der Waals surface area contributed by atoms with Crippen molar-refractivity contribution in [3.05, 3.63) is 89.7 Å². The molecule has 0 aliphatic heterocycles. The van der Waals surface area contributed by atoms with Crippen molar-refractivity contribution in [2.75, 3.05) is 22.9 Å². The molecule has 0 radical (unpaired) electrons. The Kier molecular flexibility index (Phi) is 6.39. The lowest BCUT2D eigenvalue weighted by Gasteiger charge is -2.23. The topological polar surface area (TPSA) is 53.5 Å². The van der Waals surface area contributed by atoms with Gasteiger partial charge in [-0.05, 0) is 62.7 Å². The Bertz CT molecular complexity index is 1000. The van der Waals surface area contributed by atoms with Crippen LogP contribution in [0.2, 0.25) is 0 Å². The summed E-state index contributed by atoms with van der Waals surface area (Å²) in [6.45, 7) is 6.87. The normalized spacial score (nSPS) is 10.4. The fourth-order valence-corrected chi connectivity index (χ4v) is 3.27. The maximum Gasteiger partial charge on any atom is 0.276 e. The number of aryl methyl sites for hydroxylation is 1. The van der Waals surface area contributed by atoms with Gasteiger partial charge in [0.1, 0.15) is 5.69 Å². The van der Waals surface area contributed by atoms with Gasteiger partial charge in [0, 0.05) is 36.2 Å². The monoisotopic (exact) mass is 387 g/mol. The molecule has 2 aromatic carbocycles. The molecule has 0 atom stereocenters. The summed E-state index contributed by atoms with van der Waals surface area (Å²) in [7, 11) is 0. The predicted molar refractivity (Wildman–Crippen MR) is 117 cm³/mol. The molecule has 5 nitrogen and oxygen atoms in total. The Hall–Kier alpha value is -3.47. The van der Waals surface area contributed by atoms with E-state index in [4.69, 9.17) is 0 Å². The third-order valence-electron chi connectivity index (χ3n) is 4.73. The zero-order valence-electron chi connectivity index (χ0n) is 17.0. The van der Waals surface area contributed by atoms with E-state index >= 15 is 0 Å². The molecular formula is C24H25N3O2. The quantitative estimate of drug-likeness (QED) is 0.615. The average molecular weight is 387 g/mol. The van der Waals surface area contributed by atoms with Gasteiger partial charge in [-0.3, -0.25) is 14.6 Å². The summed E-state index contributed by atoms with van der Waals surface area (Å²) in [5.74, 6) is -0.385. The van der Waals surface area contributed by atoms with Gasteiger partial charge in [-0.2, -0.15) is 0 Å². The minimum Gasteiger partial charge on any atom is -0.309 e. The van der Waals surface area contributed by atoms with Crippen molar-refractivity contribution in [1.29, 1.82) is 0 Å². The largest absolute Gasteiger partial charge is 0.309 e. The van der Waals surface area contributed by atoms with Crippen LogP contribution in [0.4, 0.5) is 11.4 Å².